The van der Waals surface area contributed by atoms with Crippen LogP contribution in [-0.4, -0.2) is 24.8 Å². The van der Waals surface area contributed by atoms with Crippen LogP contribution in [0.2, 0.25) is 0 Å². The third-order valence-electron chi connectivity index (χ3n) is 2.56. The second-order valence-electron chi connectivity index (χ2n) is 4.29. The normalized spacial score (nSPS) is 11.5. The first-order valence-corrected chi connectivity index (χ1v) is 6.41. The minimum absolute atomic E-state index is 0.291. The molecule has 0 aromatic carbocycles. The number of rotatable bonds is 2. The number of pyridine rings is 1. The lowest BCUT2D eigenvalue weighted by atomic mass is 10.2. The summed E-state index contributed by atoms with van der Waals surface area (Å²) in [4.78, 5) is 4.86. The van der Waals surface area contributed by atoms with Crippen molar-refractivity contribution >= 4 is 22.1 Å². The maximum absolute atomic E-state index is 5.57. The van der Waals surface area contributed by atoms with Gasteiger partial charge in [-0.25, -0.2) is 4.98 Å². The van der Waals surface area contributed by atoms with Crippen molar-refractivity contribution in [2.24, 2.45) is 0 Å². The number of nitrogens with two attached hydrogens (primary N) is 1. The SMILES string of the molecule is CC(C)c1nnc2sc(-c3ccc(N)nc3)nn12. The highest BCUT2D eigenvalue weighted by Crippen LogP contribution is 2.26. The molecule has 0 aliphatic carbocycles. The lowest BCUT2D eigenvalue weighted by molar-refractivity contribution is 0.727. The van der Waals surface area contributed by atoms with Crippen molar-refractivity contribution in [1.82, 2.24) is 24.8 Å². The van der Waals surface area contributed by atoms with Crippen LogP contribution in [-0.2, 0) is 0 Å². The van der Waals surface area contributed by atoms with E-state index in [2.05, 4.69) is 34.1 Å². The fourth-order valence-electron chi connectivity index (χ4n) is 1.64. The summed E-state index contributed by atoms with van der Waals surface area (Å²) in [5.74, 6) is 1.67. The number of anilines is 1. The molecule has 18 heavy (non-hydrogen) atoms. The van der Waals surface area contributed by atoms with Crippen LogP contribution < -0.4 is 5.73 Å². The van der Waals surface area contributed by atoms with E-state index in [1.807, 2.05) is 6.07 Å². The van der Waals surface area contributed by atoms with Gasteiger partial charge in [-0.05, 0) is 12.1 Å². The molecule has 3 aromatic heterocycles. The van der Waals surface area contributed by atoms with E-state index in [9.17, 15) is 0 Å². The van der Waals surface area contributed by atoms with Crippen LogP contribution in [0, 0.1) is 0 Å². The van der Waals surface area contributed by atoms with Crippen molar-refractivity contribution in [3.63, 3.8) is 0 Å². The van der Waals surface area contributed by atoms with Crippen LogP contribution in [0.5, 0.6) is 0 Å². The standard InChI is InChI=1S/C11H12N6S/c1-6(2)9-14-15-11-17(9)16-10(18-11)7-3-4-8(12)13-5-7/h3-6H,1-2H3,(H2,12,13). The van der Waals surface area contributed by atoms with Gasteiger partial charge in [0.1, 0.15) is 10.8 Å². The number of nitrogen functional groups attached to an aromatic ring is 1. The predicted octanol–water partition coefficient (Wildman–Crippen LogP) is 1.95. The van der Waals surface area contributed by atoms with Crippen molar-refractivity contribution in [1.29, 1.82) is 0 Å². The van der Waals surface area contributed by atoms with Crippen LogP contribution in [0.25, 0.3) is 15.5 Å². The molecule has 0 aliphatic rings. The molecule has 3 heterocycles. The van der Waals surface area contributed by atoms with E-state index in [0.29, 0.717) is 11.7 Å². The van der Waals surface area contributed by atoms with E-state index >= 15 is 0 Å². The molecule has 92 valence electrons. The number of hydrogen-bond acceptors (Lipinski definition) is 6. The average molecular weight is 260 g/mol. The zero-order chi connectivity index (χ0) is 12.7. The van der Waals surface area contributed by atoms with Gasteiger partial charge in [-0.3, -0.25) is 0 Å². The van der Waals surface area contributed by atoms with Crippen molar-refractivity contribution in [2.45, 2.75) is 19.8 Å². The molecule has 0 fully saturated rings. The topological polar surface area (TPSA) is 82.0 Å². The fraction of sp³-hybridized carbons (Fsp3) is 0.273. The Balaban J connectivity index is 2.11. The summed E-state index contributed by atoms with van der Waals surface area (Å²) in [5.41, 5.74) is 6.51. The highest BCUT2D eigenvalue weighted by atomic mass is 32.1. The van der Waals surface area contributed by atoms with Crippen LogP contribution in [0.1, 0.15) is 25.6 Å². The molecule has 0 spiro atoms. The highest BCUT2D eigenvalue weighted by molar-refractivity contribution is 7.19. The number of hydrogen-bond donors (Lipinski definition) is 1. The monoisotopic (exact) mass is 260 g/mol. The van der Waals surface area contributed by atoms with E-state index < -0.39 is 0 Å². The highest BCUT2D eigenvalue weighted by Gasteiger charge is 2.14. The van der Waals surface area contributed by atoms with Gasteiger partial charge in [0.2, 0.25) is 4.96 Å². The van der Waals surface area contributed by atoms with Crippen molar-refractivity contribution in [3.05, 3.63) is 24.2 Å². The van der Waals surface area contributed by atoms with Crippen LogP contribution in [0.3, 0.4) is 0 Å². The van der Waals surface area contributed by atoms with Crippen LogP contribution in [0.4, 0.5) is 5.82 Å². The molecule has 0 atom stereocenters. The summed E-state index contributed by atoms with van der Waals surface area (Å²) in [6.07, 6.45) is 1.72. The van der Waals surface area contributed by atoms with Gasteiger partial charge in [0.15, 0.2) is 5.82 Å². The minimum Gasteiger partial charge on any atom is -0.384 e. The quantitative estimate of drug-likeness (QED) is 0.761. The number of aromatic nitrogens is 5. The largest absolute Gasteiger partial charge is 0.384 e. The third kappa shape index (κ3) is 1.72. The summed E-state index contributed by atoms with van der Waals surface area (Å²) in [7, 11) is 0. The molecule has 0 aliphatic heterocycles. The maximum atomic E-state index is 5.57. The van der Waals surface area contributed by atoms with Gasteiger partial charge in [0.05, 0.1) is 0 Å². The fourth-order valence-corrected chi connectivity index (χ4v) is 2.48. The Bertz CT molecular complexity index is 681. The molecular formula is C11H12N6S. The Morgan fingerprint density at radius 1 is 1.28 bits per heavy atom. The van der Waals surface area contributed by atoms with Gasteiger partial charge in [-0.1, -0.05) is 25.2 Å². The Labute approximate surface area is 107 Å². The third-order valence-corrected chi connectivity index (χ3v) is 3.51. The average Bonchev–Trinajstić information content (AvgIpc) is 2.88. The Kier molecular flexibility index (Phi) is 2.48. The summed E-state index contributed by atoms with van der Waals surface area (Å²) < 4.78 is 1.79. The first-order chi connectivity index (χ1) is 8.65. The molecule has 6 nitrogen and oxygen atoms in total. The van der Waals surface area contributed by atoms with Crippen LogP contribution >= 0.6 is 11.3 Å². The maximum Gasteiger partial charge on any atom is 0.234 e. The van der Waals surface area contributed by atoms with Crippen LogP contribution in [0.15, 0.2) is 18.3 Å². The molecule has 7 heteroatoms. The molecule has 3 aromatic rings. The molecule has 0 unspecified atom stereocenters. The van der Waals surface area contributed by atoms with Gasteiger partial charge < -0.3 is 5.73 Å². The summed E-state index contributed by atoms with van der Waals surface area (Å²) in [5, 5.41) is 13.6. The number of fused-ring (bicyclic) bond motifs is 1. The molecule has 0 saturated carbocycles. The first kappa shape index (κ1) is 11.1. The lowest BCUT2D eigenvalue weighted by Gasteiger charge is -1.98. The Hall–Kier alpha value is -2.02. The van der Waals surface area contributed by atoms with Crippen molar-refractivity contribution in [2.75, 3.05) is 5.73 Å². The van der Waals surface area contributed by atoms with Gasteiger partial charge in [-0.2, -0.15) is 9.61 Å². The molecule has 0 bridgehead atoms. The van der Waals surface area contributed by atoms with E-state index in [0.717, 1.165) is 21.4 Å². The zero-order valence-corrected chi connectivity index (χ0v) is 10.8. The molecule has 2 N–H and O–H groups in total. The van der Waals surface area contributed by atoms with E-state index in [1.165, 1.54) is 11.3 Å². The molecule has 3 rings (SSSR count). The Morgan fingerprint density at radius 3 is 2.78 bits per heavy atom. The minimum atomic E-state index is 0.291. The predicted molar refractivity (Wildman–Crippen MR) is 70.4 cm³/mol. The van der Waals surface area contributed by atoms with E-state index in [-0.39, 0.29) is 0 Å². The van der Waals surface area contributed by atoms with Gasteiger partial charge >= 0.3 is 0 Å². The second-order valence-corrected chi connectivity index (χ2v) is 5.24. The summed E-state index contributed by atoms with van der Waals surface area (Å²) in [6.45, 7) is 4.14. The Morgan fingerprint density at radius 2 is 2.11 bits per heavy atom. The summed E-state index contributed by atoms with van der Waals surface area (Å²) >= 11 is 1.49. The molecule has 0 saturated heterocycles. The van der Waals surface area contributed by atoms with E-state index in [1.54, 1.807) is 16.8 Å². The molecule has 0 radical (unpaired) electrons. The van der Waals surface area contributed by atoms with Crippen molar-refractivity contribution in [3.8, 4) is 10.6 Å². The van der Waals surface area contributed by atoms with Gasteiger partial charge in [-0.15, -0.1) is 10.2 Å². The summed E-state index contributed by atoms with van der Waals surface area (Å²) in [6, 6.07) is 3.67. The lowest BCUT2D eigenvalue weighted by Crippen LogP contribution is -1.98. The first-order valence-electron chi connectivity index (χ1n) is 5.59. The molecular weight excluding hydrogens is 248 g/mol. The smallest absolute Gasteiger partial charge is 0.234 e. The van der Waals surface area contributed by atoms with Gasteiger partial charge in [0, 0.05) is 17.7 Å². The molecule has 0 amide bonds. The zero-order valence-electron chi connectivity index (χ0n) is 10.0. The van der Waals surface area contributed by atoms with E-state index in [4.69, 9.17) is 5.73 Å². The van der Waals surface area contributed by atoms with Crippen molar-refractivity contribution < 1.29 is 0 Å². The number of nitrogens with zero attached hydrogens (tertiary/aromatic N) is 5. The second kappa shape index (κ2) is 4.02. The van der Waals surface area contributed by atoms with Gasteiger partial charge in [0.25, 0.3) is 0 Å².